The van der Waals surface area contributed by atoms with Gasteiger partial charge in [-0.05, 0) is 23.8 Å². The van der Waals surface area contributed by atoms with E-state index in [-0.39, 0.29) is 5.92 Å². The Morgan fingerprint density at radius 2 is 2.00 bits per heavy atom. The highest BCUT2D eigenvalue weighted by molar-refractivity contribution is 5.40. The van der Waals surface area contributed by atoms with Crippen LogP contribution in [0.15, 0.2) is 47.2 Å². The first-order chi connectivity index (χ1) is 11.8. The lowest BCUT2D eigenvalue weighted by Crippen LogP contribution is -2.44. The SMILES string of the molecule is N#Cc1cccc(CN2CC(c3nc(-c4ncccn4)no3)C2)c1. The predicted molar refractivity (Wildman–Crippen MR) is 84.5 cm³/mol. The van der Waals surface area contributed by atoms with Gasteiger partial charge in [-0.25, -0.2) is 9.97 Å². The van der Waals surface area contributed by atoms with E-state index >= 15 is 0 Å². The monoisotopic (exact) mass is 318 g/mol. The van der Waals surface area contributed by atoms with Crippen LogP contribution in [0.4, 0.5) is 0 Å². The summed E-state index contributed by atoms with van der Waals surface area (Å²) in [6.07, 6.45) is 3.30. The summed E-state index contributed by atoms with van der Waals surface area (Å²) in [5, 5.41) is 12.9. The molecule has 0 N–H and O–H groups in total. The molecule has 3 heterocycles. The van der Waals surface area contributed by atoms with Crippen LogP contribution in [0.25, 0.3) is 11.6 Å². The maximum Gasteiger partial charge on any atom is 0.240 e. The predicted octanol–water partition coefficient (Wildman–Crippen LogP) is 2.00. The minimum absolute atomic E-state index is 0.231. The second-order valence-electron chi connectivity index (χ2n) is 5.73. The minimum atomic E-state index is 0.231. The van der Waals surface area contributed by atoms with Crippen LogP contribution in [0.3, 0.4) is 0 Å². The molecular formula is C17H14N6O. The lowest BCUT2D eigenvalue weighted by molar-refractivity contribution is 0.117. The first kappa shape index (κ1) is 14.5. The van der Waals surface area contributed by atoms with Crippen LogP contribution in [0, 0.1) is 11.3 Å². The lowest BCUT2D eigenvalue weighted by Gasteiger charge is -2.37. The minimum Gasteiger partial charge on any atom is -0.338 e. The lowest BCUT2D eigenvalue weighted by atomic mass is 9.99. The van der Waals surface area contributed by atoms with E-state index in [0.29, 0.717) is 23.1 Å². The molecule has 1 aromatic carbocycles. The van der Waals surface area contributed by atoms with Crippen molar-refractivity contribution in [3.8, 4) is 17.7 Å². The molecule has 2 aromatic heterocycles. The Morgan fingerprint density at radius 3 is 2.79 bits per heavy atom. The topological polar surface area (TPSA) is 91.7 Å². The van der Waals surface area contributed by atoms with E-state index in [0.717, 1.165) is 25.2 Å². The molecule has 0 amide bonds. The molecule has 24 heavy (non-hydrogen) atoms. The molecule has 1 aliphatic rings. The zero-order valence-corrected chi connectivity index (χ0v) is 12.8. The van der Waals surface area contributed by atoms with Gasteiger partial charge in [0.25, 0.3) is 0 Å². The zero-order chi connectivity index (χ0) is 16.4. The van der Waals surface area contributed by atoms with Gasteiger partial charge in [0, 0.05) is 32.0 Å². The third kappa shape index (κ3) is 2.87. The van der Waals surface area contributed by atoms with Crippen LogP contribution in [0.2, 0.25) is 0 Å². The molecule has 0 bridgehead atoms. The van der Waals surface area contributed by atoms with Crippen molar-refractivity contribution in [3.05, 3.63) is 59.7 Å². The van der Waals surface area contributed by atoms with Crippen LogP contribution in [0.1, 0.15) is 22.9 Å². The zero-order valence-electron chi connectivity index (χ0n) is 12.8. The fraction of sp³-hybridized carbons (Fsp3) is 0.235. The van der Waals surface area contributed by atoms with E-state index in [4.69, 9.17) is 9.78 Å². The van der Waals surface area contributed by atoms with Crippen LogP contribution in [0.5, 0.6) is 0 Å². The van der Waals surface area contributed by atoms with E-state index < -0.39 is 0 Å². The quantitative estimate of drug-likeness (QED) is 0.726. The fourth-order valence-electron chi connectivity index (χ4n) is 2.76. The van der Waals surface area contributed by atoms with Gasteiger partial charge >= 0.3 is 0 Å². The molecule has 4 rings (SSSR count). The molecule has 0 atom stereocenters. The van der Waals surface area contributed by atoms with Crippen molar-refractivity contribution in [3.63, 3.8) is 0 Å². The highest BCUT2D eigenvalue weighted by Crippen LogP contribution is 2.28. The van der Waals surface area contributed by atoms with E-state index in [1.807, 2.05) is 24.3 Å². The molecular weight excluding hydrogens is 304 g/mol. The number of nitriles is 1. The van der Waals surface area contributed by atoms with Crippen LogP contribution >= 0.6 is 0 Å². The summed E-state index contributed by atoms with van der Waals surface area (Å²) in [5.41, 5.74) is 1.82. The maximum atomic E-state index is 8.95. The van der Waals surface area contributed by atoms with Gasteiger partial charge in [-0.2, -0.15) is 10.2 Å². The van der Waals surface area contributed by atoms with Gasteiger partial charge in [0.15, 0.2) is 0 Å². The Labute approximate surface area is 138 Å². The van der Waals surface area contributed by atoms with Crippen molar-refractivity contribution in [1.82, 2.24) is 25.0 Å². The maximum absolute atomic E-state index is 8.95. The van der Waals surface area contributed by atoms with Gasteiger partial charge in [0.1, 0.15) is 0 Å². The summed E-state index contributed by atoms with van der Waals surface area (Å²) in [4.78, 5) is 14.9. The number of aromatic nitrogens is 4. The standard InChI is InChI=1S/C17H14N6O/c18-8-12-3-1-4-13(7-12)9-23-10-14(11-23)17-21-16(22-24-17)15-19-5-2-6-20-15/h1-7,14H,9-11H2. The van der Waals surface area contributed by atoms with Crippen LogP contribution in [-0.2, 0) is 6.54 Å². The summed E-state index contributed by atoms with van der Waals surface area (Å²) < 4.78 is 5.35. The third-order valence-corrected chi connectivity index (χ3v) is 3.98. The molecule has 1 fully saturated rings. The Kier molecular flexibility index (Phi) is 3.73. The summed E-state index contributed by atoms with van der Waals surface area (Å²) >= 11 is 0. The summed E-state index contributed by atoms with van der Waals surface area (Å²) in [7, 11) is 0. The molecule has 118 valence electrons. The van der Waals surface area contributed by atoms with E-state index in [9.17, 15) is 0 Å². The van der Waals surface area contributed by atoms with Gasteiger partial charge in [0.2, 0.25) is 17.5 Å². The summed E-state index contributed by atoms with van der Waals surface area (Å²) in [6, 6.07) is 11.6. The molecule has 1 saturated heterocycles. The molecule has 0 aliphatic carbocycles. The van der Waals surface area contributed by atoms with Gasteiger partial charge < -0.3 is 4.52 Å². The number of hydrogen-bond donors (Lipinski definition) is 0. The number of hydrogen-bond acceptors (Lipinski definition) is 7. The van der Waals surface area contributed by atoms with E-state index in [1.54, 1.807) is 18.5 Å². The molecule has 7 heteroatoms. The average Bonchev–Trinajstić information content (AvgIpc) is 3.08. The van der Waals surface area contributed by atoms with Gasteiger partial charge in [-0.1, -0.05) is 17.3 Å². The molecule has 3 aromatic rings. The number of rotatable bonds is 4. The van der Waals surface area contributed by atoms with Crippen molar-refractivity contribution < 1.29 is 4.52 Å². The van der Waals surface area contributed by atoms with Crippen molar-refractivity contribution in [2.45, 2.75) is 12.5 Å². The average molecular weight is 318 g/mol. The first-order valence-corrected chi connectivity index (χ1v) is 7.64. The normalized spacial score (nSPS) is 15.0. The highest BCUT2D eigenvalue weighted by Gasteiger charge is 2.32. The Balaban J connectivity index is 1.38. The first-order valence-electron chi connectivity index (χ1n) is 7.64. The number of benzene rings is 1. The van der Waals surface area contributed by atoms with Gasteiger partial charge in [-0.3, -0.25) is 4.90 Å². The summed E-state index contributed by atoms with van der Waals surface area (Å²) in [5.74, 6) is 1.75. The summed E-state index contributed by atoms with van der Waals surface area (Å²) in [6.45, 7) is 2.52. The highest BCUT2D eigenvalue weighted by atomic mass is 16.5. The van der Waals surface area contributed by atoms with Crippen molar-refractivity contribution in [1.29, 1.82) is 5.26 Å². The molecule has 0 radical (unpaired) electrons. The smallest absolute Gasteiger partial charge is 0.240 e. The number of nitrogens with zero attached hydrogens (tertiary/aromatic N) is 6. The van der Waals surface area contributed by atoms with Crippen molar-refractivity contribution >= 4 is 0 Å². The molecule has 0 unspecified atom stereocenters. The third-order valence-electron chi connectivity index (χ3n) is 3.98. The number of likely N-dealkylation sites (tertiary alicyclic amines) is 1. The van der Waals surface area contributed by atoms with E-state index in [1.165, 1.54) is 0 Å². The van der Waals surface area contributed by atoms with E-state index in [2.05, 4.69) is 31.1 Å². The largest absolute Gasteiger partial charge is 0.338 e. The Hall–Kier alpha value is -3.11. The second-order valence-corrected chi connectivity index (χ2v) is 5.73. The van der Waals surface area contributed by atoms with Gasteiger partial charge in [0.05, 0.1) is 17.6 Å². The van der Waals surface area contributed by atoms with Crippen LogP contribution in [-0.4, -0.2) is 38.1 Å². The van der Waals surface area contributed by atoms with Crippen molar-refractivity contribution in [2.75, 3.05) is 13.1 Å². The Bertz CT molecular complexity index is 879. The molecule has 0 spiro atoms. The molecule has 7 nitrogen and oxygen atoms in total. The van der Waals surface area contributed by atoms with Crippen molar-refractivity contribution in [2.24, 2.45) is 0 Å². The van der Waals surface area contributed by atoms with Gasteiger partial charge in [-0.15, -0.1) is 0 Å². The second kappa shape index (κ2) is 6.18. The molecule has 1 aliphatic heterocycles. The molecule has 0 saturated carbocycles. The Morgan fingerprint density at radius 1 is 1.17 bits per heavy atom. The van der Waals surface area contributed by atoms with Crippen LogP contribution < -0.4 is 0 Å². The fourth-order valence-corrected chi connectivity index (χ4v) is 2.76.